The Morgan fingerprint density at radius 2 is 1.82 bits per heavy atom. The molecular formula is C17H18N2O3. The molecule has 5 nitrogen and oxygen atoms in total. The minimum Gasteiger partial charge on any atom is -0.510 e. The highest BCUT2D eigenvalue weighted by Crippen LogP contribution is 2.37. The normalized spacial score (nSPS) is 12.7. The third kappa shape index (κ3) is 2.98. The summed E-state index contributed by atoms with van der Waals surface area (Å²) in [5.41, 5.74) is 1.18. The van der Waals surface area contributed by atoms with Crippen LogP contribution in [0.3, 0.4) is 0 Å². The van der Waals surface area contributed by atoms with E-state index in [4.69, 9.17) is 0 Å². The zero-order chi connectivity index (χ0) is 16.3. The van der Waals surface area contributed by atoms with Crippen LogP contribution >= 0.6 is 0 Å². The molecule has 22 heavy (non-hydrogen) atoms. The molecule has 0 aromatic heterocycles. The number of carbonyl (C=O) groups excluding carboxylic acids is 1. The Hall–Kier alpha value is -2.69. The minimum atomic E-state index is -0.389. The molecule has 5 heteroatoms. The molecule has 0 aliphatic carbocycles. The number of aliphatic hydroxyl groups is 1. The van der Waals surface area contributed by atoms with Crippen LogP contribution in [0.25, 0.3) is 10.8 Å². The van der Waals surface area contributed by atoms with Gasteiger partial charge in [0.2, 0.25) is 0 Å². The number of allylic oxidation sites excluding steroid dienone is 2. The third-order valence-electron chi connectivity index (χ3n) is 3.40. The van der Waals surface area contributed by atoms with Gasteiger partial charge in [-0.15, -0.1) is 10.2 Å². The molecule has 0 heterocycles. The van der Waals surface area contributed by atoms with Crippen molar-refractivity contribution in [2.45, 2.75) is 27.2 Å². The third-order valence-corrected chi connectivity index (χ3v) is 3.40. The van der Waals surface area contributed by atoms with E-state index in [1.165, 1.54) is 13.8 Å². The largest absolute Gasteiger partial charge is 0.510 e. The van der Waals surface area contributed by atoms with Crippen LogP contribution in [-0.2, 0) is 11.2 Å². The van der Waals surface area contributed by atoms with Crippen LogP contribution in [-0.4, -0.2) is 16.0 Å². The van der Waals surface area contributed by atoms with Crippen molar-refractivity contribution < 1.29 is 15.0 Å². The van der Waals surface area contributed by atoms with E-state index in [0.29, 0.717) is 5.39 Å². The summed E-state index contributed by atoms with van der Waals surface area (Å²) >= 11 is 0. The van der Waals surface area contributed by atoms with Gasteiger partial charge >= 0.3 is 0 Å². The Morgan fingerprint density at radius 1 is 1.18 bits per heavy atom. The lowest BCUT2D eigenvalue weighted by molar-refractivity contribution is -0.113. The van der Waals surface area contributed by atoms with Crippen LogP contribution in [0.15, 0.2) is 52.0 Å². The predicted octanol–water partition coefficient (Wildman–Crippen LogP) is 4.57. The molecule has 0 saturated heterocycles. The van der Waals surface area contributed by atoms with Crippen LogP contribution in [0, 0.1) is 0 Å². The highest BCUT2D eigenvalue weighted by molar-refractivity contribution is 5.95. The summed E-state index contributed by atoms with van der Waals surface area (Å²) in [5, 5.41) is 29.2. The Kier molecular flexibility index (Phi) is 4.56. The summed E-state index contributed by atoms with van der Waals surface area (Å²) in [4.78, 5) is 11.4. The minimum absolute atomic E-state index is 0.00930. The van der Waals surface area contributed by atoms with E-state index in [-0.39, 0.29) is 28.7 Å². The number of aromatic hydroxyl groups is 1. The van der Waals surface area contributed by atoms with Gasteiger partial charge in [-0.25, -0.2) is 0 Å². The van der Waals surface area contributed by atoms with E-state index in [9.17, 15) is 15.0 Å². The first kappa shape index (κ1) is 15.7. The summed E-state index contributed by atoms with van der Waals surface area (Å²) in [6.07, 6.45) is 0.776. The number of benzene rings is 2. The molecule has 0 aliphatic heterocycles. The number of azo groups is 1. The SMILES string of the molecule is CCc1cc(N=N/C(C(C)=O)=C(/C)O)c(O)c2ccccc12. The lowest BCUT2D eigenvalue weighted by Gasteiger charge is -2.08. The predicted molar refractivity (Wildman–Crippen MR) is 85.5 cm³/mol. The van der Waals surface area contributed by atoms with Crippen LogP contribution in [0.4, 0.5) is 5.69 Å². The number of aliphatic hydroxyl groups excluding tert-OH is 1. The molecule has 0 unspecified atom stereocenters. The van der Waals surface area contributed by atoms with Crippen molar-refractivity contribution >= 4 is 22.2 Å². The maximum absolute atomic E-state index is 11.4. The van der Waals surface area contributed by atoms with E-state index < -0.39 is 0 Å². The first-order valence-electron chi connectivity index (χ1n) is 7.01. The fourth-order valence-electron chi connectivity index (χ4n) is 2.29. The van der Waals surface area contributed by atoms with Crippen molar-refractivity contribution in [3.8, 4) is 5.75 Å². The second-order valence-electron chi connectivity index (χ2n) is 4.99. The summed E-state index contributed by atoms with van der Waals surface area (Å²) in [6.45, 7) is 4.68. The molecule has 0 saturated carbocycles. The first-order chi connectivity index (χ1) is 10.5. The molecule has 0 radical (unpaired) electrons. The van der Waals surface area contributed by atoms with E-state index in [1.54, 1.807) is 6.07 Å². The fraction of sp³-hybridized carbons (Fsp3) is 0.235. The number of carbonyl (C=O) groups is 1. The van der Waals surface area contributed by atoms with Gasteiger partial charge in [-0.2, -0.15) is 0 Å². The Bertz CT molecular complexity index is 788. The lowest BCUT2D eigenvalue weighted by atomic mass is 10.0. The van der Waals surface area contributed by atoms with Gasteiger partial charge in [0.15, 0.2) is 17.2 Å². The number of hydrogen-bond acceptors (Lipinski definition) is 5. The molecule has 0 bridgehead atoms. The van der Waals surface area contributed by atoms with Gasteiger partial charge in [-0.05, 0) is 30.4 Å². The van der Waals surface area contributed by atoms with Crippen LogP contribution in [0.2, 0.25) is 0 Å². The molecule has 0 spiro atoms. The van der Waals surface area contributed by atoms with Gasteiger partial charge in [0.05, 0.1) is 0 Å². The first-order valence-corrected chi connectivity index (χ1v) is 7.01. The maximum atomic E-state index is 11.4. The quantitative estimate of drug-likeness (QED) is 0.492. The number of nitrogens with zero attached hydrogens (tertiary/aromatic N) is 2. The van der Waals surface area contributed by atoms with Crippen molar-refractivity contribution in [2.24, 2.45) is 10.2 Å². The van der Waals surface area contributed by atoms with Crippen LogP contribution in [0.5, 0.6) is 5.75 Å². The molecule has 114 valence electrons. The Balaban J connectivity index is 2.60. The van der Waals surface area contributed by atoms with Crippen LogP contribution < -0.4 is 0 Å². The van der Waals surface area contributed by atoms with E-state index in [1.807, 2.05) is 31.2 Å². The number of hydrogen-bond donors (Lipinski definition) is 2. The second kappa shape index (κ2) is 6.39. The molecule has 2 rings (SSSR count). The molecule has 2 aromatic carbocycles. The zero-order valence-electron chi connectivity index (χ0n) is 12.8. The van der Waals surface area contributed by atoms with Crippen molar-refractivity contribution in [3.05, 3.63) is 47.4 Å². The Labute approximate surface area is 128 Å². The number of Topliss-reactive ketones (excluding diaryl/α,β-unsaturated/α-hetero) is 1. The Morgan fingerprint density at radius 3 is 2.36 bits per heavy atom. The average molecular weight is 298 g/mol. The van der Waals surface area contributed by atoms with Crippen molar-refractivity contribution in [1.82, 2.24) is 0 Å². The highest BCUT2D eigenvalue weighted by atomic mass is 16.3. The van der Waals surface area contributed by atoms with Crippen molar-refractivity contribution in [3.63, 3.8) is 0 Å². The second-order valence-corrected chi connectivity index (χ2v) is 4.99. The van der Waals surface area contributed by atoms with Gasteiger partial charge in [-0.1, -0.05) is 31.2 Å². The van der Waals surface area contributed by atoms with Gasteiger partial charge in [0.1, 0.15) is 11.4 Å². The molecule has 0 atom stereocenters. The zero-order valence-corrected chi connectivity index (χ0v) is 12.8. The number of rotatable bonds is 4. The van der Waals surface area contributed by atoms with Gasteiger partial charge < -0.3 is 10.2 Å². The highest BCUT2D eigenvalue weighted by Gasteiger charge is 2.11. The molecule has 0 amide bonds. The number of phenolic OH excluding ortho intramolecular Hbond substituents is 1. The number of phenols is 1. The molecule has 2 N–H and O–H groups in total. The summed E-state index contributed by atoms with van der Waals surface area (Å²) < 4.78 is 0. The van der Waals surface area contributed by atoms with Crippen molar-refractivity contribution in [1.29, 1.82) is 0 Å². The molecule has 0 aliphatic rings. The monoisotopic (exact) mass is 298 g/mol. The average Bonchev–Trinajstić information content (AvgIpc) is 2.49. The summed E-state index contributed by atoms with van der Waals surface area (Å²) in [5.74, 6) is -0.581. The number of fused-ring (bicyclic) bond motifs is 1. The van der Waals surface area contributed by atoms with Crippen molar-refractivity contribution in [2.75, 3.05) is 0 Å². The molecule has 0 fully saturated rings. The smallest absolute Gasteiger partial charge is 0.183 e. The summed E-state index contributed by atoms with van der Waals surface area (Å²) in [6, 6.07) is 9.23. The van der Waals surface area contributed by atoms with Gasteiger partial charge in [0, 0.05) is 12.3 Å². The molecular weight excluding hydrogens is 280 g/mol. The standard InChI is InChI=1S/C17H18N2O3/c1-4-12-9-15(18-19-16(10(2)20)11(3)21)17(22)14-8-6-5-7-13(12)14/h5-9,20,22H,4H2,1-3H3/b16-10-,19-18?. The molecule has 2 aromatic rings. The number of aryl methyl sites for hydroxylation is 1. The van der Waals surface area contributed by atoms with E-state index in [2.05, 4.69) is 10.2 Å². The number of ketones is 1. The van der Waals surface area contributed by atoms with E-state index in [0.717, 1.165) is 17.4 Å². The lowest BCUT2D eigenvalue weighted by Crippen LogP contribution is -1.96. The van der Waals surface area contributed by atoms with E-state index >= 15 is 0 Å². The summed E-state index contributed by atoms with van der Waals surface area (Å²) in [7, 11) is 0. The van der Waals surface area contributed by atoms with Crippen LogP contribution in [0.1, 0.15) is 26.3 Å². The van der Waals surface area contributed by atoms with Gasteiger partial charge in [0.25, 0.3) is 0 Å². The fourth-order valence-corrected chi connectivity index (χ4v) is 2.29. The topological polar surface area (TPSA) is 82.2 Å². The van der Waals surface area contributed by atoms with Gasteiger partial charge in [-0.3, -0.25) is 4.79 Å². The maximum Gasteiger partial charge on any atom is 0.183 e.